The third kappa shape index (κ3) is 3.62. The van der Waals surface area contributed by atoms with Crippen LogP contribution >= 0.6 is 0 Å². The van der Waals surface area contributed by atoms with Crippen molar-refractivity contribution < 1.29 is 14.7 Å². The second kappa shape index (κ2) is 5.04. The fourth-order valence-corrected chi connectivity index (χ4v) is 0.776. The van der Waals surface area contributed by atoms with E-state index >= 15 is 0 Å². The molecule has 1 atom stereocenters. The zero-order valence-corrected chi connectivity index (χ0v) is 7.83. The van der Waals surface area contributed by atoms with Crippen molar-refractivity contribution in [3.63, 3.8) is 0 Å². The summed E-state index contributed by atoms with van der Waals surface area (Å²) >= 11 is 0. The van der Waals surface area contributed by atoms with Gasteiger partial charge in [-0.15, -0.1) is 0 Å². The lowest BCUT2D eigenvalue weighted by molar-refractivity contribution is -0.133. The van der Waals surface area contributed by atoms with E-state index in [1.807, 2.05) is 0 Å². The Morgan fingerprint density at radius 3 is 2.08 bits per heavy atom. The summed E-state index contributed by atoms with van der Waals surface area (Å²) in [4.78, 5) is 21.9. The van der Waals surface area contributed by atoms with Gasteiger partial charge in [0, 0.05) is 18.8 Å². The molecule has 0 aliphatic heterocycles. The average Bonchev–Trinajstić information content (AvgIpc) is 2.02. The highest BCUT2D eigenvalue weighted by Crippen LogP contribution is 2.04. The maximum Gasteiger partial charge on any atom is 0.161 e. The largest absolute Gasteiger partial charge is 0.385 e. The number of aliphatic hydroxyl groups excluding tert-OH is 1. The summed E-state index contributed by atoms with van der Waals surface area (Å²) in [5.74, 6) is -0.433. The van der Waals surface area contributed by atoms with Crippen molar-refractivity contribution in [3.8, 4) is 0 Å². The number of aliphatic hydroxyl groups is 1. The van der Waals surface area contributed by atoms with Gasteiger partial charge >= 0.3 is 0 Å². The van der Waals surface area contributed by atoms with Gasteiger partial charge in [0.15, 0.2) is 5.78 Å². The van der Waals surface area contributed by atoms with E-state index in [9.17, 15) is 9.59 Å². The molecule has 3 heteroatoms. The zero-order chi connectivity index (χ0) is 9.72. The van der Waals surface area contributed by atoms with Crippen molar-refractivity contribution in [2.45, 2.75) is 39.7 Å². The minimum absolute atomic E-state index is 0.0374. The molecule has 0 radical (unpaired) electrons. The number of hydrogen-bond donors (Lipinski definition) is 1. The van der Waals surface area contributed by atoms with Gasteiger partial charge in [-0.2, -0.15) is 0 Å². The lowest BCUT2D eigenvalue weighted by Gasteiger charge is -2.08. The molecule has 0 aliphatic carbocycles. The first-order valence-corrected chi connectivity index (χ1v) is 4.22. The van der Waals surface area contributed by atoms with Crippen LogP contribution in [0, 0.1) is 5.92 Å². The highest BCUT2D eigenvalue weighted by Gasteiger charge is 2.18. The van der Waals surface area contributed by atoms with Crippen molar-refractivity contribution in [3.05, 3.63) is 0 Å². The number of carbonyl (C=O) groups excluding carboxylic acids is 2. The van der Waals surface area contributed by atoms with Gasteiger partial charge < -0.3 is 5.11 Å². The van der Waals surface area contributed by atoms with Gasteiger partial charge in [0.2, 0.25) is 0 Å². The number of Topliss-reactive ketones (excluding diaryl/α,β-unsaturated/α-hetero) is 2. The molecule has 0 rings (SSSR count). The normalized spacial score (nSPS) is 13.1. The second-order valence-electron chi connectivity index (χ2n) is 3.16. The Morgan fingerprint density at radius 2 is 1.75 bits per heavy atom. The molecule has 0 saturated carbocycles. The van der Waals surface area contributed by atoms with Gasteiger partial charge in [-0.05, 0) is 0 Å². The summed E-state index contributed by atoms with van der Waals surface area (Å²) in [5.41, 5.74) is 0. The van der Waals surface area contributed by atoms with Crippen LogP contribution in [0.5, 0.6) is 0 Å². The lowest BCUT2D eigenvalue weighted by atomic mass is 10.0. The van der Waals surface area contributed by atoms with Crippen LogP contribution in [-0.4, -0.2) is 22.8 Å². The quantitative estimate of drug-likeness (QED) is 0.671. The molecule has 0 fully saturated rings. The highest BCUT2D eigenvalue weighted by molar-refractivity contribution is 5.89. The van der Waals surface area contributed by atoms with Crippen LogP contribution in [0.1, 0.15) is 33.6 Å². The molecule has 1 N–H and O–H groups in total. The maximum absolute atomic E-state index is 11.1. The molecule has 70 valence electrons. The predicted molar refractivity (Wildman–Crippen MR) is 45.8 cm³/mol. The molecule has 0 amide bonds. The fourth-order valence-electron chi connectivity index (χ4n) is 0.776. The summed E-state index contributed by atoms with van der Waals surface area (Å²) in [6, 6.07) is 0. The molecule has 0 aromatic carbocycles. The maximum atomic E-state index is 11.1. The number of hydrogen-bond acceptors (Lipinski definition) is 3. The minimum atomic E-state index is -1.09. The van der Waals surface area contributed by atoms with Crippen LogP contribution in [0.4, 0.5) is 0 Å². The molecular weight excluding hydrogens is 156 g/mol. The van der Waals surface area contributed by atoms with Gasteiger partial charge in [-0.25, -0.2) is 0 Å². The molecule has 1 unspecified atom stereocenters. The lowest BCUT2D eigenvalue weighted by Crippen LogP contribution is -2.24. The number of ketones is 2. The molecule has 0 aliphatic rings. The number of carbonyl (C=O) groups is 2. The molecule has 0 saturated heterocycles. The first-order chi connectivity index (χ1) is 5.49. The highest BCUT2D eigenvalue weighted by atomic mass is 16.3. The third-order valence-electron chi connectivity index (χ3n) is 1.76. The molecule has 12 heavy (non-hydrogen) atoms. The van der Waals surface area contributed by atoms with Gasteiger partial charge in [0.1, 0.15) is 11.9 Å². The van der Waals surface area contributed by atoms with Crippen LogP contribution in [0.25, 0.3) is 0 Å². The average molecular weight is 172 g/mol. The molecule has 0 spiro atoms. The van der Waals surface area contributed by atoms with Crippen LogP contribution in [0.3, 0.4) is 0 Å². The van der Waals surface area contributed by atoms with Crippen LogP contribution in [0.15, 0.2) is 0 Å². The van der Waals surface area contributed by atoms with E-state index in [1.165, 1.54) is 0 Å². The van der Waals surface area contributed by atoms with E-state index in [4.69, 9.17) is 5.11 Å². The van der Waals surface area contributed by atoms with E-state index < -0.39 is 6.10 Å². The summed E-state index contributed by atoms with van der Waals surface area (Å²) in [7, 11) is 0. The van der Waals surface area contributed by atoms with Crippen LogP contribution in [0.2, 0.25) is 0 Å². The van der Waals surface area contributed by atoms with E-state index in [0.717, 1.165) is 0 Å². The molecule has 0 bridgehead atoms. The van der Waals surface area contributed by atoms with Gasteiger partial charge in [0.05, 0.1) is 0 Å². The van der Waals surface area contributed by atoms with Crippen LogP contribution in [-0.2, 0) is 9.59 Å². The topological polar surface area (TPSA) is 54.4 Å². The monoisotopic (exact) mass is 172 g/mol. The molecule has 0 aromatic rings. The van der Waals surface area contributed by atoms with E-state index in [-0.39, 0.29) is 30.3 Å². The Bertz CT molecular complexity index is 173. The minimum Gasteiger partial charge on any atom is -0.385 e. The Balaban J connectivity index is 3.92. The first kappa shape index (κ1) is 11.3. The SMILES string of the molecule is CCC(=O)C(O)CC(=O)C(C)C. The Hall–Kier alpha value is -0.700. The van der Waals surface area contributed by atoms with E-state index in [1.54, 1.807) is 20.8 Å². The second-order valence-corrected chi connectivity index (χ2v) is 3.16. The van der Waals surface area contributed by atoms with Crippen molar-refractivity contribution in [1.82, 2.24) is 0 Å². The van der Waals surface area contributed by atoms with Crippen molar-refractivity contribution >= 4 is 11.6 Å². The Labute approximate surface area is 72.8 Å². The fraction of sp³-hybridized carbons (Fsp3) is 0.778. The summed E-state index contributed by atoms with van der Waals surface area (Å²) in [6.07, 6.45) is -0.846. The molecular formula is C9H16O3. The predicted octanol–water partition coefficient (Wildman–Crippen LogP) is 0.942. The smallest absolute Gasteiger partial charge is 0.161 e. The summed E-state index contributed by atoms with van der Waals surface area (Å²) in [6.45, 7) is 5.18. The zero-order valence-electron chi connectivity index (χ0n) is 7.83. The standard InChI is InChI=1S/C9H16O3/c1-4-7(10)9(12)5-8(11)6(2)3/h6,9,12H,4-5H2,1-3H3. The molecule has 3 nitrogen and oxygen atoms in total. The number of rotatable bonds is 5. The van der Waals surface area contributed by atoms with Crippen molar-refractivity contribution in [2.75, 3.05) is 0 Å². The Morgan fingerprint density at radius 1 is 1.25 bits per heavy atom. The van der Waals surface area contributed by atoms with E-state index in [2.05, 4.69) is 0 Å². The van der Waals surface area contributed by atoms with E-state index in [0.29, 0.717) is 0 Å². The van der Waals surface area contributed by atoms with Gasteiger partial charge in [-0.3, -0.25) is 9.59 Å². The van der Waals surface area contributed by atoms with Crippen molar-refractivity contribution in [1.29, 1.82) is 0 Å². The summed E-state index contributed by atoms with van der Waals surface area (Å²) < 4.78 is 0. The summed E-state index contributed by atoms with van der Waals surface area (Å²) in [5, 5.41) is 9.17. The van der Waals surface area contributed by atoms with Gasteiger partial charge in [-0.1, -0.05) is 20.8 Å². The Kier molecular flexibility index (Phi) is 4.74. The third-order valence-corrected chi connectivity index (χ3v) is 1.76. The molecule has 0 heterocycles. The van der Waals surface area contributed by atoms with Gasteiger partial charge in [0.25, 0.3) is 0 Å². The molecule has 0 aromatic heterocycles. The van der Waals surface area contributed by atoms with Crippen LogP contribution < -0.4 is 0 Å². The first-order valence-electron chi connectivity index (χ1n) is 4.22. The van der Waals surface area contributed by atoms with Crippen molar-refractivity contribution in [2.24, 2.45) is 5.92 Å².